The van der Waals surface area contributed by atoms with Crippen LogP contribution in [0.1, 0.15) is 64.0 Å². The molecule has 1 aromatic carbocycles. The molecule has 1 saturated carbocycles. The van der Waals surface area contributed by atoms with Gasteiger partial charge in [0, 0.05) is 16.6 Å². The van der Waals surface area contributed by atoms with Crippen LogP contribution in [0.5, 0.6) is 0 Å². The minimum Gasteiger partial charge on any atom is -0.307 e. The first-order valence-corrected chi connectivity index (χ1v) is 8.51. The van der Waals surface area contributed by atoms with Crippen molar-refractivity contribution in [3.05, 3.63) is 34.3 Å². The topological polar surface area (TPSA) is 12.0 Å². The van der Waals surface area contributed by atoms with Crippen LogP contribution < -0.4 is 5.32 Å². The Labute approximate surface area is 126 Å². The molecule has 3 unspecified atom stereocenters. The average Bonchev–Trinajstić information content (AvgIpc) is 2.61. The summed E-state index contributed by atoms with van der Waals surface area (Å²) in [5, 5.41) is 3.92. The zero-order chi connectivity index (χ0) is 13.7. The zero-order valence-corrected chi connectivity index (χ0v) is 13.7. The van der Waals surface area contributed by atoms with Crippen molar-refractivity contribution < 1.29 is 0 Å². The second-order valence-electron chi connectivity index (χ2n) is 5.90. The van der Waals surface area contributed by atoms with Crippen LogP contribution in [0.2, 0.25) is 0 Å². The molecule has 2 heteroatoms. The quantitative estimate of drug-likeness (QED) is 0.725. The van der Waals surface area contributed by atoms with E-state index in [0.717, 1.165) is 12.3 Å². The summed E-state index contributed by atoms with van der Waals surface area (Å²) in [4.78, 5) is 0. The molecule has 1 aliphatic carbocycles. The summed E-state index contributed by atoms with van der Waals surface area (Å²) < 4.78 is 1.18. The van der Waals surface area contributed by atoms with Gasteiger partial charge in [-0.1, -0.05) is 61.2 Å². The summed E-state index contributed by atoms with van der Waals surface area (Å²) in [6.07, 6.45) is 8.08. The van der Waals surface area contributed by atoms with Crippen molar-refractivity contribution in [3.63, 3.8) is 0 Å². The molecule has 0 heterocycles. The molecular formula is C17H26BrN. The monoisotopic (exact) mass is 323 g/mol. The van der Waals surface area contributed by atoms with E-state index in [1.54, 1.807) is 0 Å². The predicted molar refractivity (Wildman–Crippen MR) is 86.3 cm³/mol. The molecule has 0 aromatic heterocycles. The van der Waals surface area contributed by atoms with E-state index >= 15 is 0 Å². The van der Waals surface area contributed by atoms with Gasteiger partial charge < -0.3 is 5.32 Å². The maximum absolute atomic E-state index is 3.92. The summed E-state index contributed by atoms with van der Waals surface area (Å²) >= 11 is 3.58. The molecule has 1 fully saturated rings. The maximum atomic E-state index is 3.92. The molecule has 0 saturated heterocycles. The molecule has 0 radical (unpaired) electrons. The van der Waals surface area contributed by atoms with Crippen LogP contribution in [0.15, 0.2) is 28.7 Å². The summed E-state index contributed by atoms with van der Waals surface area (Å²) in [6, 6.07) is 9.91. The van der Waals surface area contributed by atoms with E-state index < -0.39 is 0 Å². The lowest BCUT2D eigenvalue weighted by Gasteiger charge is -2.28. The van der Waals surface area contributed by atoms with E-state index in [1.165, 1.54) is 42.1 Å². The second-order valence-corrected chi connectivity index (χ2v) is 6.82. The molecule has 19 heavy (non-hydrogen) atoms. The first kappa shape index (κ1) is 15.1. The van der Waals surface area contributed by atoms with Gasteiger partial charge >= 0.3 is 0 Å². The van der Waals surface area contributed by atoms with E-state index in [9.17, 15) is 0 Å². The smallest absolute Gasteiger partial charge is 0.0320 e. The summed E-state index contributed by atoms with van der Waals surface area (Å²) in [6.45, 7) is 4.69. The number of nitrogens with one attached hydrogen (secondary N) is 1. The molecule has 1 N–H and O–H groups in total. The lowest BCUT2D eigenvalue weighted by molar-refractivity contribution is 0.318. The van der Waals surface area contributed by atoms with Gasteiger partial charge in [0.15, 0.2) is 0 Å². The SMILES string of the molecule is CCC(NC1CCCCCC1C)c1cccc(Br)c1. The fourth-order valence-corrected chi connectivity index (χ4v) is 3.59. The summed E-state index contributed by atoms with van der Waals surface area (Å²) in [5.74, 6) is 0.809. The molecule has 3 atom stereocenters. The predicted octanol–water partition coefficient (Wildman–Crippen LogP) is 5.46. The van der Waals surface area contributed by atoms with E-state index in [-0.39, 0.29) is 0 Å². The fraction of sp³-hybridized carbons (Fsp3) is 0.647. The van der Waals surface area contributed by atoms with Crippen LogP contribution >= 0.6 is 15.9 Å². The Balaban J connectivity index is 2.05. The second kappa shape index (κ2) is 7.44. The highest BCUT2D eigenvalue weighted by Crippen LogP contribution is 2.27. The lowest BCUT2D eigenvalue weighted by atomic mass is 9.94. The van der Waals surface area contributed by atoms with Gasteiger partial charge in [-0.3, -0.25) is 0 Å². The molecule has 0 amide bonds. The first-order chi connectivity index (χ1) is 9.20. The van der Waals surface area contributed by atoms with Crippen LogP contribution in [-0.2, 0) is 0 Å². The third-order valence-corrected chi connectivity index (χ3v) is 4.93. The first-order valence-electron chi connectivity index (χ1n) is 7.72. The Morgan fingerprint density at radius 2 is 2.05 bits per heavy atom. The number of halogens is 1. The van der Waals surface area contributed by atoms with Crippen molar-refractivity contribution in [2.45, 2.75) is 64.5 Å². The number of hydrogen-bond donors (Lipinski definition) is 1. The van der Waals surface area contributed by atoms with Crippen LogP contribution in [0.25, 0.3) is 0 Å². The van der Waals surface area contributed by atoms with Gasteiger partial charge in [-0.2, -0.15) is 0 Å². The Bertz CT molecular complexity index is 391. The molecular weight excluding hydrogens is 298 g/mol. The van der Waals surface area contributed by atoms with E-state index in [0.29, 0.717) is 12.1 Å². The van der Waals surface area contributed by atoms with Gasteiger partial charge in [-0.05, 0) is 42.9 Å². The maximum Gasteiger partial charge on any atom is 0.0320 e. The number of benzene rings is 1. The molecule has 1 nitrogen and oxygen atoms in total. The molecule has 1 aliphatic rings. The van der Waals surface area contributed by atoms with E-state index in [1.807, 2.05) is 0 Å². The van der Waals surface area contributed by atoms with Gasteiger partial charge in [-0.25, -0.2) is 0 Å². The van der Waals surface area contributed by atoms with Crippen LogP contribution in [0.4, 0.5) is 0 Å². The normalized spacial score (nSPS) is 25.8. The Morgan fingerprint density at radius 3 is 2.79 bits per heavy atom. The van der Waals surface area contributed by atoms with Gasteiger partial charge in [0.05, 0.1) is 0 Å². The van der Waals surface area contributed by atoms with E-state index in [2.05, 4.69) is 59.4 Å². The average molecular weight is 324 g/mol. The van der Waals surface area contributed by atoms with Gasteiger partial charge in [-0.15, -0.1) is 0 Å². The lowest BCUT2D eigenvalue weighted by Crippen LogP contribution is -2.37. The third kappa shape index (κ3) is 4.32. The minimum absolute atomic E-state index is 0.489. The Hall–Kier alpha value is -0.340. The van der Waals surface area contributed by atoms with Gasteiger partial charge in [0.2, 0.25) is 0 Å². The molecule has 106 valence electrons. The summed E-state index contributed by atoms with van der Waals surface area (Å²) in [5.41, 5.74) is 1.41. The van der Waals surface area contributed by atoms with E-state index in [4.69, 9.17) is 0 Å². The molecule has 1 aromatic rings. The number of hydrogen-bond acceptors (Lipinski definition) is 1. The highest BCUT2D eigenvalue weighted by atomic mass is 79.9. The van der Waals surface area contributed by atoms with Crippen molar-refractivity contribution in [1.29, 1.82) is 0 Å². The standard InChI is InChI=1S/C17H26BrN/c1-3-16(14-9-7-10-15(18)12-14)19-17-11-6-4-5-8-13(17)2/h7,9-10,12-13,16-17,19H,3-6,8,11H2,1-2H3. The highest BCUT2D eigenvalue weighted by molar-refractivity contribution is 9.10. The molecule has 0 aliphatic heterocycles. The van der Waals surface area contributed by atoms with Crippen LogP contribution in [0, 0.1) is 5.92 Å². The van der Waals surface area contributed by atoms with Crippen molar-refractivity contribution in [2.75, 3.05) is 0 Å². The molecule has 2 rings (SSSR count). The Morgan fingerprint density at radius 1 is 1.26 bits per heavy atom. The number of rotatable bonds is 4. The van der Waals surface area contributed by atoms with Gasteiger partial charge in [0.25, 0.3) is 0 Å². The highest BCUT2D eigenvalue weighted by Gasteiger charge is 2.22. The Kier molecular flexibility index (Phi) is 5.90. The van der Waals surface area contributed by atoms with Crippen molar-refractivity contribution >= 4 is 15.9 Å². The zero-order valence-electron chi connectivity index (χ0n) is 12.2. The van der Waals surface area contributed by atoms with Crippen LogP contribution in [0.3, 0.4) is 0 Å². The van der Waals surface area contributed by atoms with Crippen molar-refractivity contribution in [3.8, 4) is 0 Å². The van der Waals surface area contributed by atoms with Gasteiger partial charge in [0.1, 0.15) is 0 Å². The molecule has 0 spiro atoms. The molecule has 0 bridgehead atoms. The van der Waals surface area contributed by atoms with Crippen molar-refractivity contribution in [1.82, 2.24) is 5.32 Å². The fourth-order valence-electron chi connectivity index (χ4n) is 3.17. The minimum atomic E-state index is 0.489. The van der Waals surface area contributed by atoms with Crippen molar-refractivity contribution in [2.24, 2.45) is 5.92 Å². The van der Waals surface area contributed by atoms with Crippen LogP contribution in [-0.4, -0.2) is 6.04 Å². The largest absolute Gasteiger partial charge is 0.307 e. The summed E-state index contributed by atoms with van der Waals surface area (Å²) in [7, 11) is 0. The third-order valence-electron chi connectivity index (χ3n) is 4.44.